The smallest absolute Gasteiger partial charge is 0.459 e. The molecule has 6 atom stereocenters. The highest BCUT2D eigenvalue weighted by molar-refractivity contribution is 7.52. The maximum absolute atomic E-state index is 14.3. The molecule has 18 heteroatoms. The van der Waals surface area contributed by atoms with Gasteiger partial charge in [0, 0.05) is 6.42 Å². The molecule has 1 saturated heterocycles. The molecule has 3 heterocycles. The van der Waals surface area contributed by atoms with Crippen LogP contribution >= 0.6 is 7.75 Å². The highest BCUT2D eigenvalue weighted by Gasteiger charge is 2.54. The van der Waals surface area contributed by atoms with Crippen molar-refractivity contribution in [1.29, 1.82) is 0 Å². The fourth-order valence-electron chi connectivity index (χ4n) is 4.88. The van der Waals surface area contributed by atoms with Crippen LogP contribution in [0.2, 0.25) is 0 Å². The van der Waals surface area contributed by atoms with Crippen LogP contribution in [0.1, 0.15) is 59.8 Å². The van der Waals surface area contributed by atoms with Gasteiger partial charge in [-0.15, -0.1) is 0 Å². The Bertz CT molecular complexity index is 1630. The van der Waals surface area contributed by atoms with E-state index in [1.54, 1.807) is 45.9 Å². The molecule has 1 aliphatic rings. The Kier molecular flexibility index (Phi) is 11.1. The van der Waals surface area contributed by atoms with Crippen LogP contribution in [-0.4, -0.2) is 84.3 Å². The lowest BCUT2D eigenvalue weighted by atomic mass is 9.96. The summed E-state index contributed by atoms with van der Waals surface area (Å²) in [4.78, 5) is 37.0. The van der Waals surface area contributed by atoms with Gasteiger partial charge >= 0.3 is 19.7 Å². The van der Waals surface area contributed by atoms with Gasteiger partial charge in [-0.2, -0.15) is 15.1 Å². The standard InChI is InChI=1S/C29H42N7O10P/c1-15(2)43-21(37)12-11-18-9-7-8-10-19(18)46-47(41,35-17(5)26(39)44-16(3)4)42-13-20-23(38)29(6,40)27(45-20)36-14-32-22-24(30)33-28(31)34-25(22)36/h7-10,14-17,20,23,27,38,40H,11-13H2,1-6H3,(H,35,41)(H4,30,31,33,34)/t17-,20+,23-,27+,29+,47?/m0/s1. The number of hydrogen-bond donors (Lipinski definition) is 5. The summed E-state index contributed by atoms with van der Waals surface area (Å²) in [6, 6.07) is 5.41. The Labute approximate surface area is 271 Å². The van der Waals surface area contributed by atoms with Crippen LogP contribution in [0.15, 0.2) is 30.6 Å². The topological polar surface area (TPSA) is 245 Å². The number of ether oxygens (including phenoxy) is 3. The number of imidazole rings is 1. The van der Waals surface area contributed by atoms with Gasteiger partial charge in [0.2, 0.25) is 5.95 Å². The van der Waals surface area contributed by atoms with Gasteiger partial charge in [-0.1, -0.05) is 18.2 Å². The van der Waals surface area contributed by atoms with Crippen molar-refractivity contribution in [1.82, 2.24) is 24.6 Å². The molecule has 0 bridgehead atoms. The zero-order chi connectivity index (χ0) is 34.7. The summed E-state index contributed by atoms with van der Waals surface area (Å²) in [6.45, 7) is 8.99. The number of aliphatic hydroxyl groups is 2. The van der Waals surface area contributed by atoms with E-state index in [4.69, 9.17) is 34.7 Å². The van der Waals surface area contributed by atoms with Gasteiger partial charge in [-0.05, 0) is 59.6 Å². The van der Waals surface area contributed by atoms with Crippen molar-refractivity contribution >= 4 is 42.6 Å². The summed E-state index contributed by atoms with van der Waals surface area (Å²) in [5.41, 5.74) is 10.6. The van der Waals surface area contributed by atoms with Gasteiger partial charge in [0.25, 0.3) is 0 Å². The lowest BCUT2D eigenvalue weighted by molar-refractivity contribution is -0.149. The Hall–Kier alpha value is -3.86. The molecule has 0 radical (unpaired) electrons. The van der Waals surface area contributed by atoms with E-state index in [1.165, 1.54) is 30.8 Å². The van der Waals surface area contributed by atoms with Crippen LogP contribution in [0.25, 0.3) is 11.2 Å². The molecule has 47 heavy (non-hydrogen) atoms. The Morgan fingerprint density at radius 3 is 2.49 bits per heavy atom. The zero-order valence-corrected chi connectivity index (χ0v) is 27.9. The number of nitrogens with two attached hydrogens (primary N) is 2. The number of aromatic nitrogens is 4. The van der Waals surface area contributed by atoms with E-state index >= 15 is 0 Å². The average Bonchev–Trinajstić information content (AvgIpc) is 3.48. The molecule has 258 valence electrons. The maximum atomic E-state index is 14.3. The Morgan fingerprint density at radius 2 is 1.81 bits per heavy atom. The average molecular weight is 680 g/mol. The van der Waals surface area contributed by atoms with Crippen molar-refractivity contribution in [3.05, 3.63) is 36.2 Å². The first kappa shape index (κ1) is 36.0. The van der Waals surface area contributed by atoms with E-state index in [0.29, 0.717) is 5.56 Å². The number of aryl methyl sites for hydroxylation is 1. The largest absolute Gasteiger partial charge is 0.463 e. The molecule has 0 saturated carbocycles. The number of esters is 2. The van der Waals surface area contributed by atoms with Gasteiger partial charge in [-0.25, -0.2) is 9.55 Å². The predicted octanol–water partition coefficient (Wildman–Crippen LogP) is 2.02. The van der Waals surface area contributed by atoms with Gasteiger partial charge in [0.15, 0.2) is 17.7 Å². The molecule has 1 fully saturated rings. The Morgan fingerprint density at radius 1 is 1.13 bits per heavy atom. The van der Waals surface area contributed by atoms with Gasteiger partial charge < -0.3 is 40.4 Å². The number of carbonyl (C=O) groups excluding carboxylic acids is 2. The second kappa shape index (κ2) is 14.5. The lowest BCUT2D eigenvalue weighted by Crippen LogP contribution is -2.44. The molecule has 1 aromatic carbocycles. The van der Waals surface area contributed by atoms with Gasteiger partial charge in [-0.3, -0.25) is 18.7 Å². The first-order valence-corrected chi connectivity index (χ1v) is 16.6. The van der Waals surface area contributed by atoms with Crippen molar-refractivity contribution < 1.29 is 47.6 Å². The molecule has 4 rings (SSSR count). The summed E-state index contributed by atoms with van der Waals surface area (Å²) >= 11 is 0. The summed E-state index contributed by atoms with van der Waals surface area (Å²) in [7, 11) is -4.46. The first-order valence-electron chi connectivity index (χ1n) is 15.0. The summed E-state index contributed by atoms with van der Waals surface area (Å²) in [5.74, 6) is -1.15. The van der Waals surface area contributed by atoms with Crippen molar-refractivity contribution in [2.45, 2.75) is 96.7 Å². The minimum Gasteiger partial charge on any atom is -0.463 e. The number of rotatable bonds is 14. The summed E-state index contributed by atoms with van der Waals surface area (Å²) in [5, 5.41) is 25.0. The van der Waals surface area contributed by atoms with Crippen molar-refractivity contribution in [2.24, 2.45) is 0 Å². The fourth-order valence-corrected chi connectivity index (χ4v) is 6.42. The number of benzene rings is 1. The molecular formula is C29H42N7O10P. The van der Waals surface area contributed by atoms with E-state index in [2.05, 4.69) is 20.0 Å². The fraction of sp³-hybridized carbons (Fsp3) is 0.552. The van der Waals surface area contributed by atoms with Crippen LogP contribution in [0.5, 0.6) is 5.75 Å². The number of carbonyl (C=O) groups is 2. The molecule has 0 spiro atoms. The lowest BCUT2D eigenvalue weighted by Gasteiger charge is -2.27. The molecule has 0 amide bonds. The van der Waals surface area contributed by atoms with Gasteiger partial charge in [0.05, 0.1) is 25.1 Å². The van der Waals surface area contributed by atoms with Crippen molar-refractivity contribution in [3.8, 4) is 5.75 Å². The van der Waals surface area contributed by atoms with Crippen LogP contribution in [0.4, 0.5) is 11.8 Å². The molecule has 3 aromatic rings. The van der Waals surface area contributed by atoms with E-state index in [-0.39, 0.29) is 47.6 Å². The maximum Gasteiger partial charge on any atom is 0.459 e. The van der Waals surface area contributed by atoms with E-state index in [0.717, 1.165) is 0 Å². The van der Waals surface area contributed by atoms with E-state index < -0.39 is 62.5 Å². The summed E-state index contributed by atoms with van der Waals surface area (Å²) in [6.07, 6.45) is -3.31. The third-order valence-corrected chi connectivity index (χ3v) is 8.73. The molecule has 7 N–H and O–H groups in total. The number of aliphatic hydroxyl groups excluding tert-OH is 1. The SMILES string of the molecule is CC(C)OC(=O)CCc1ccccc1OP(=O)(N[C@@H](C)C(=O)OC(C)C)OC[C@H]1O[C@@H](n2cnc3c(N)nc(N)nc32)[C@](C)(O)[C@H]1O. The second-order valence-corrected chi connectivity index (χ2v) is 13.5. The van der Waals surface area contributed by atoms with Crippen LogP contribution in [0, 0.1) is 0 Å². The van der Waals surface area contributed by atoms with E-state index in [9.17, 15) is 24.4 Å². The van der Waals surface area contributed by atoms with Crippen molar-refractivity contribution in [3.63, 3.8) is 0 Å². The van der Waals surface area contributed by atoms with Crippen LogP contribution in [0.3, 0.4) is 0 Å². The third kappa shape index (κ3) is 8.54. The quantitative estimate of drug-likeness (QED) is 0.121. The predicted molar refractivity (Wildman–Crippen MR) is 169 cm³/mol. The highest BCUT2D eigenvalue weighted by atomic mass is 31.2. The van der Waals surface area contributed by atoms with E-state index in [1.807, 2.05) is 0 Å². The number of para-hydroxylation sites is 1. The minimum atomic E-state index is -4.46. The normalized spacial score (nSPS) is 23.1. The van der Waals surface area contributed by atoms with Crippen LogP contribution in [-0.2, 0) is 39.3 Å². The molecule has 0 aliphatic carbocycles. The van der Waals surface area contributed by atoms with Gasteiger partial charge in [0.1, 0.15) is 35.1 Å². The molecule has 2 aromatic heterocycles. The third-order valence-electron chi connectivity index (χ3n) is 7.10. The molecular weight excluding hydrogens is 637 g/mol. The number of nitrogens with zero attached hydrogens (tertiary/aromatic N) is 4. The molecule has 1 aliphatic heterocycles. The number of nitrogen functional groups attached to an aromatic ring is 2. The minimum absolute atomic E-state index is 0.00990. The number of nitrogens with one attached hydrogen (secondary N) is 1. The number of hydrogen-bond acceptors (Lipinski definition) is 15. The number of anilines is 2. The second-order valence-electron chi connectivity index (χ2n) is 11.9. The zero-order valence-electron chi connectivity index (χ0n) is 27.0. The molecule has 1 unspecified atom stereocenters. The monoisotopic (exact) mass is 679 g/mol. The highest BCUT2D eigenvalue weighted by Crippen LogP contribution is 2.48. The van der Waals surface area contributed by atoms with Crippen LogP contribution < -0.4 is 21.1 Å². The Balaban J connectivity index is 1.58. The number of fused-ring (bicyclic) bond motifs is 1. The van der Waals surface area contributed by atoms with Crippen molar-refractivity contribution in [2.75, 3.05) is 18.1 Å². The molecule has 17 nitrogen and oxygen atoms in total. The first-order chi connectivity index (χ1) is 22.0. The summed E-state index contributed by atoms with van der Waals surface area (Å²) < 4.78 is 43.8.